The third kappa shape index (κ3) is 4.85. The zero-order valence-electron chi connectivity index (χ0n) is 10.0. The molecule has 1 N–H and O–H groups in total. The predicted octanol–water partition coefficient (Wildman–Crippen LogP) is 2.00. The lowest BCUT2D eigenvalue weighted by Crippen LogP contribution is -2.41. The number of hydrogen-bond donors (Lipinski definition) is 1. The number of esters is 1. The number of nitrogens with one attached hydrogen (secondary N) is 1. The second kappa shape index (κ2) is 5.71. The Bertz CT molecular complexity index is 213. The minimum absolute atomic E-state index is 0. The summed E-state index contributed by atoms with van der Waals surface area (Å²) in [5.41, 5.74) is -0.359. The average Bonchev–Trinajstić information content (AvgIpc) is 2.01. The van der Waals surface area contributed by atoms with Crippen molar-refractivity contribution in [3.05, 3.63) is 0 Å². The van der Waals surface area contributed by atoms with Gasteiger partial charge in [-0.2, -0.15) is 0 Å². The molecule has 0 saturated carbocycles. The van der Waals surface area contributed by atoms with Crippen LogP contribution in [0.5, 0.6) is 0 Å². The van der Waals surface area contributed by atoms with E-state index in [0.717, 1.165) is 19.5 Å². The molecule has 0 aromatic rings. The van der Waals surface area contributed by atoms with E-state index in [2.05, 4.69) is 12.2 Å². The normalized spacial score (nSPS) is 26.7. The highest BCUT2D eigenvalue weighted by molar-refractivity contribution is 5.85. The van der Waals surface area contributed by atoms with Crippen LogP contribution in [0.2, 0.25) is 0 Å². The van der Waals surface area contributed by atoms with Crippen molar-refractivity contribution in [2.45, 2.75) is 39.7 Å². The van der Waals surface area contributed by atoms with E-state index in [9.17, 15) is 4.79 Å². The maximum atomic E-state index is 11.8. The molecule has 90 valence electrons. The molecule has 1 heterocycles. The lowest BCUT2D eigenvalue weighted by Gasteiger charge is -2.30. The van der Waals surface area contributed by atoms with Crippen molar-refractivity contribution >= 4 is 18.4 Å². The van der Waals surface area contributed by atoms with E-state index in [0.29, 0.717) is 5.92 Å². The zero-order valence-corrected chi connectivity index (χ0v) is 10.8. The highest BCUT2D eigenvalue weighted by Gasteiger charge is 2.31. The largest absolute Gasteiger partial charge is 0.460 e. The molecule has 1 rings (SSSR count). The molecule has 0 radical (unpaired) electrons. The molecule has 1 aliphatic rings. The molecule has 0 amide bonds. The fourth-order valence-corrected chi connectivity index (χ4v) is 1.74. The summed E-state index contributed by atoms with van der Waals surface area (Å²) in [5.74, 6) is 0.431. The Hall–Kier alpha value is -0.280. The van der Waals surface area contributed by atoms with Crippen molar-refractivity contribution in [1.29, 1.82) is 0 Å². The number of piperidine rings is 1. The van der Waals surface area contributed by atoms with Gasteiger partial charge in [-0.3, -0.25) is 4.79 Å². The summed E-state index contributed by atoms with van der Waals surface area (Å²) in [7, 11) is 0. The minimum Gasteiger partial charge on any atom is -0.460 e. The Kier molecular flexibility index (Phi) is 5.60. The van der Waals surface area contributed by atoms with Gasteiger partial charge in [0.1, 0.15) is 5.60 Å². The lowest BCUT2D eigenvalue weighted by atomic mass is 9.88. The topological polar surface area (TPSA) is 38.3 Å². The Morgan fingerprint density at radius 2 is 2.00 bits per heavy atom. The first-order valence-electron chi connectivity index (χ1n) is 5.34. The molecule has 1 fully saturated rings. The van der Waals surface area contributed by atoms with E-state index in [1.165, 1.54) is 0 Å². The van der Waals surface area contributed by atoms with E-state index in [1.807, 2.05) is 20.8 Å². The molecule has 0 aromatic heterocycles. The molecule has 0 bridgehead atoms. The third-order valence-corrected chi connectivity index (χ3v) is 2.49. The van der Waals surface area contributed by atoms with E-state index in [-0.39, 0.29) is 29.9 Å². The number of ether oxygens (including phenoxy) is 1. The van der Waals surface area contributed by atoms with Gasteiger partial charge in [-0.1, -0.05) is 6.92 Å². The summed E-state index contributed by atoms with van der Waals surface area (Å²) >= 11 is 0. The summed E-state index contributed by atoms with van der Waals surface area (Å²) in [6.07, 6.45) is 0.899. The molecule has 2 atom stereocenters. The molecule has 1 saturated heterocycles. The van der Waals surface area contributed by atoms with Crippen LogP contribution in [0.15, 0.2) is 0 Å². The number of carbonyl (C=O) groups excluding carboxylic acids is 1. The highest BCUT2D eigenvalue weighted by atomic mass is 35.5. The summed E-state index contributed by atoms with van der Waals surface area (Å²) in [6, 6.07) is 0. The SMILES string of the molecule is CC1CNCCC1C(=O)OC(C)(C)C.Cl. The van der Waals surface area contributed by atoms with E-state index in [1.54, 1.807) is 0 Å². The van der Waals surface area contributed by atoms with Crippen molar-refractivity contribution in [1.82, 2.24) is 5.32 Å². The maximum absolute atomic E-state index is 11.8. The molecule has 0 spiro atoms. The van der Waals surface area contributed by atoms with Crippen molar-refractivity contribution in [3.63, 3.8) is 0 Å². The Balaban J connectivity index is 0.00000196. The summed E-state index contributed by atoms with van der Waals surface area (Å²) in [6.45, 7) is 9.68. The van der Waals surface area contributed by atoms with Crippen LogP contribution in [0, 0.1) is 11.8 Å². The molecule has 4 heteroatoms. The summed E-state index contributed by atoms with van der Waals surface area (Å²) < 4.78 is 5.38. The molecular formula is C11H22ClNO2. The first-order chi connectivity index (χ1) is 6.40. The first-order valence-corrected chi connectivity index (χ1v) is 5.34. The maximum Gasteiger partial charge on any atom is 0.309 e. The molecule has 0 aliphatic carbocycles. The van der Waals surface area contributed by atoms with Crippen LogP contribution in [0.4, 0.5) is 0 Å². The van der Waals surface area contributed by atoms with Crippen LogP contribution in [-0.4, -0.2) is 24.7 Å². The van der Waals surface area contributed by atoms with Crippen LogP contribution in [-0.2, 0) is 9.53 Å². The van der Waals surface area contributed by atoms with Crippen LogP contribution in [0.3, 0.4) is 0 Å². The Labute approximate surface area is 98.4 Å². The van der Waals surface area contributed by atoms with E-state index < -0.39 is 0 Å². The van der Waals surface area contributed by atoms with Crippen molar-refractivity contribution in [2.75, 3.05) is 13.1 Å². The van der Waals surface area contributed by atoms with Gasteiger partial charge in [0.25, 0.3) is 0 Å². The monoisotopic (exact) mass is 235 g/mol. The number of carbonyl (C=O) groups is 1. The molecule has 2 unspecified atom stereocenters. The van der Waals surface area contributed by atoms with Gasteiger partial charge in [0.05, 0.1) is 5.92 Å². The van der Waals surface area contributed by atoms with Gasteiger partial charge < -0.3 is 10.1 Å². The van der Waals surface area contributed by atoms with Gasteiger partial charge in [0, 0.05) is 0 Å². The van der Waals surface area contributed by atoms with Gasteiger partial charge in [0.15, 0.2) is 0 Å². The molecule has 3 nitrogen and oxygen atoms in total. The Morgan fingerprint density at radius 1 is 1.40 bits per heavy atom. The Morgan fingerprint density at radius 3 is 2.47 bits per heavy atom. The average molecular weight is 236 g/mol. The summed E-state index contributed by atoms with van der Waals surface area (Å²) in [4.78, 5) is 11.8. The van der Waals surface area contributed by atoms with Crippen LogP contribution in [0.25, 0.3) is 0 Å². The fourth-order valence-electron chi connectivity index (χ4n) is 1.74. The third-order valence-electron chi connectivity index (χ3n) is 2.49. The predicted molar refractivity (Wildman–Crippen MR) is 63.2 cm³/mol. The standard InChI is InChI=1S/C11H21NO2.ClH/c1-8-7-12-6-5-9(8)10(13)14-11(2,3)4;/h8-9,12H,5-7H2,1-4H3;1H. The molecule has 15 heavy (non-hydrogen) atoms. The number of halogens is 1. The van der Waals surface area contributed by atoms with Crippen molar-refractivity contribution in [2.24, 2.45) is 11.8 Å². The summed E-state index contributed by atoms with van der Waals surface area (Å²) in [5, 5.41) is 3.27. The second-order valence-corrected chi connectivity index (χ2v) is 5.11. The quantitative estimate of drug-likeness (QED) is 0.707. The van der Waals surface area contributed by atoms with Gasteiger partial charge in [0.2, 0.25) is 0 Å². The highest BCUT2D eigenvalue weighted by Crippen LogP contribution is 2.22. The number of hydrogen-bond acceptors (Lipinski definition) is 3. The van der Waals surface area contributed by atoms with Crippen molar-refractivity contribution < 1.29 is 9.53 Å². The smallest absolute Gasteiger partial charge is 0.309 e. The lowest BCUT2D eigenvalue weighted by molar-refractivity contribution is -0.162. The van der Waals surface area contributed by atoms with Crippen molar-refractivity contribution in [3.8, 4) is 0 Å². The van der Waals surface area contributed by atoms with E-state index in [4.69, 9.17) is 4.74 Å². The fraction of sp³-hybridized carbons (Fsp3) is 0.909. The molecular weight excluding hydrogens is 214 g/mol. The minimum atomic E-state index is -0.359. The van der Waals surface area contributed by atoms with Gasteiger partial charge in [-0.05, 0) is 46.2 Å². The first kappa shape index (κ1) is 14.7. The molecule has 0 aromatic carbocycles. The van der Waals surface area contributed by atoms with Crippen LogP contribution >= 0.6 is 12.4 Å². The zero-order chi connectivity index (χ0) is 10.8. The molecule has 1 aliphatic heterocycles. The van der Waals surface area contributed by atoms with Crippen LogP contribution in [0.1, 0.15) is 34.1 Å². The van der Waals surface area contributed by atoms with Crippen LogP contribution < -0.4 is 5.32 Å². The number of rotatable bonds is 1. The van der Waals surface area contributed by atoms with Gasteiger partial charge in [-0.15, -0.1) is 12.4 Å². The van der Waals surface area contributed by atoms with E-state index >= 15 is 0 Å². The second-order valence-electron chi connectivity index (χ2n) is 5.11. The van der Waals surface area contributed by atoms with Gasteiger partial charge in [-0.25, -0.2) is 0 Å². The van der Waals surface area contributed by atoms with Gasteiger partial charge >= 0.3 is 5.97 Å².